The van der Waals surface area contributed by atoms with Crippen molar-refractivity contribution < 1.29 is 8.78 Å². The fraction of sp³-hybridized carbons (Fsp3) is 0.0909. The highest BCUT2D eigenvalue weighted by molar-refractivity contribution is 5.66. The topological polar surface area (TPSA) is 41.6 Å². The van der Waals surface area contributed by atoms with E-state index in [1.807, 2.05) is 6.07 Å². The SMILES string of the molecule is Cn1cnc(C#N)c1-c1cc(F)ccc1F. The van der Waals surface area contributed by atoms with Gasteiger partial charge in [0.2, 0.25) is 0 Å². The van der Waals surface area contributed by atoms with Crippen molar-refractivity contribution in [2.45, 2.75) is 0 Å². The number of benzene rings is 1. The van der Waals surface area contributed by atoms with Gasteiger partial charge in [0.1, 0.15) is 17.7 Å². The molecule has 0 atom stereocenters. The molecule has 0 N–H and O–H groups in total. The first-order valence-electron chi connectivity index (χ1n) is 4.50. The molecule has 0 saturated heterocycles. The van der Waals surface area contributed by atoms with E-state index >= 15 is 0 Å². The smallest absolute Gasteiger partial charge is 0.166 e. The Morgan fingerprint density at radius 3 is 2.81 bits per heavy atom. The fourth-order valence-corrected chi connectivity index (χ4v) is 1.51. The predicted octanol–water partition coefficient (Wildman–Crippen LogP) is 2.24. The molecule has 1 aromatic carbocycles. The van der Waals surface area contributed by atoms with E-state index < -0.39 is 11.6 Å². The monoisotopic (exact) mass is 219 g/mol. The number of aromatic nitrogens is 2. The molecule has 16 heavy (non-hydrogen) atoms. The molecular formula is C11H7F2N3. The largest absolute Gasteiger partial charge is 0.333 e. The van der Waals surface area contributed by atoms with Crippen molar-refractivity contribution in [3.8, 4) is 17.3 Å². The number of rotatable bonds is 1. The standard InChI is InChI=1S/C11H7F2N3/c1-16-6-15-10(5-14)11(16)8-4-7(12)2-3-9(8)13/h2-4,6H,1H3. The Kier molecular flexibility index (Phi) is 2.41. The Morgan fingerprint density at radius 1 is 1.38 bits per heavy atom. The van der Waals surface area contributed by atoms with Crippen LogP contribution in [0.15, 0.2) is 24.5 Å². The second-order valence-electron chi connectivity index (χ2n) is 3.29. The summed E-state index contributed by atoms with van der Waals surface area (Å²) in [5, 5.41) is 8.81. The van der Waals surface area contributed by atoms with Crippen LogP contribution in [0.1, 0.15) is 5.69 Å². The van der Waals surface area contributed by atoms with E-state index in [0.717, 1.165) is 18.2 Å². The highest BCUT2D eigenvalue weighted by Gasteiger charge is 2.15. The molecule has 0 bridgehead atoms. The molecule has 3 nitrogen and oxygen atoms in total. The van der Waals surface area contributed by atoms with Gasteiger partial charge in [0.05, 0.1) is 12.0 Å². The van der Waals surface area contributed by atoms with Crippen molar-refractivity contribution in [1.82, 2.24) is 9.55 Å². The predicted molar refractivity (Wildman–Crippen MR) is 53.3 cm³/mol. The zero-order valence-corrected chi connectivity index (χ0v) is 8.41. The summed E-state index contributed by atoms with van der Waals surface area (Å²) in [5.74, 6) is -1.14. The summed E-state index contributed by atoms with van der Waals surface area (Å²) in [5.41, 5.74) is 0.392. The molecule has 2 rings (SSSR count). The van der Waals surface area contributed by atoms with Crippen LogP contribution in [0.5, 0.6) is 0 Å². The minimum atomic E-state index is -0.582. The number of nitrogens with zero attached hydrogens (tertiary/aromatic N) is 3. The minimum Gasteiger partial charge on any atom is -0.333 e. The molecule has 1 aromatic heterocycles. The molecular weight excluding hydrogens is 212 g/mol. The Morgan fingerprint density at radius 2 is 2.12 bits per heavy atom. The summed E-state index contributed by atoms with van der Waals surface area (Å²) >= 11 is 0. The molecule has 0 saturated carbocycles. The van der Waals surface area contributed by atoms with Crippen LogP contribution in [0.3, 0.4) is 0 Å². The van der Waals surface area contributed by atoms with Gasteiger partial charge in [-0.2, -0.15) is 5.26 Å². The third kappa shape index (κ3) is 1.54. The lowest BCUT2D eigenvalue weighted by Gasteiger charge is -2.04. The molecule has 0 aliphatic rings. The zero-order valence-electron chi connectivity index (χ0n) is 8.41. The van der Waals surface area contributed by atoms with E-state index in [-0.39, 0.29) is 17.0 Å². The average molecular weight is 219 g/mol. The van der Waals surface area contributed by atoms with E-state index in [2.05, 4.69) is 4.98 Å². The third-order valence-electron chi connectivity index (χ3n) is 2.23. The summed E-state index contributed by atoms with van der Waals surface area (Å²) in [4.78, 5) is 3.79. The lowest BCUT2D eigenvalue weighted by Crippen LogP contribution is -1.95. The van der Waals surface area contributed by atoms with E-state index in [9.17, 15) is 8.78 Å². The molecule has 80 valence electrons. The van der Waals surface area contributed by atoms with Crippen molar-refractivity contribution in [1.29, 1.82) is 5.26 Å². The summed E-state index contributed by atoms with van der Waals surface area (Å²) in [7, 11) is 1.62. The van der Waals surface area contributed by atoms with Gasteiger partial charge < -0.3 is 4.57 Å². The van der Waals surface area contributed by atoms with Gasteiger partial charge in [-0.05, 0) is 18.2 Å². The first kappa shape index (κ1) is 10.3. The van der Waals surface area contributed by atoms with Crippen LogP contribution < -0.4 is 0 Å². The van der Waals surface area contributed by atoms with Crippen LogP contribution in [0, 0.1) is 23.0 Å². The summed E-state index contributed by atoms with van der Waals surface area (Å²) in [6.07, 6.45) is 1.39. The molecule has 0 unspecified atom stereocenters. The van der Waals surface area contributed by atoms with Crippen molar-refractivity contribution in [3.05, 3.63) is 41.9 Å². The van der Waals surface area contributed by atoms with Crippen LogP contribution in [0.25, 0.3) is 11.3 Å². The average Bonchev–Trinajstić information content (AvgIpc) is 2.63. The Hall–Kier alpha value is -2.22. The third-order valence-corrected chi connectivity index (χ3v) is 2.23. The van der Waals surface area contributed by atoms with Gasteiger partial charge in [-0.25, -0.2) is 13.8 Å². The van der Waals surface area contributed by atoms with Crippen LogP contribution in [-0.4, -0.2) is 9.55 Å². The van der Waals surface area contributed by atoms with Gasteiger partial charge in [-0.1, -0.05) is 0 Å². The summed E-state index contributed by atoms with van der Waals surface area (Å²) < 4.78 is 28.0. The maximum absolute atomic E-state index is 13.5. The van der Waals surface area contributed by atoms with Gasteiger partial charge in [-0.15, -0.1) is 0 Å². The number of halogens is 2. The second-order valence-corrected chi connectivity index (χ2v) is 3.29. The molecule has 1 heterocycles. The van der Waals surface area contributed by atoms with Crippen molar-refractivity contribution in [2.24, 2.45) is 7.05 Å². The fourth-order valence-electron chi connectivity index (χ4n) is 1.51. The first-order valence-corrected chi connectivity index (χ1v) is 4.50. The van der Waals surface area contributed by atoms with Crippen LogP contribution in [0.2, 0.25) is 0 Å². The van der Waals surface area contributed by atoms with Gasteiger partial charge in [0.15, 0.2) is 5.69 Å². The number of imidazole rings is 1. The van der Waals surface area contributed by atoms with E-state index in [1.165, 1.54) is 10.9 Å². The van der Waals surface area contributed by atoms with Crippen molar-refractivity contribution in [3.63, 3.8) is 0 Å². The van der Waals surface area contributed by atoms with Crippen molar-refractivity contribution in [2.75, 3.05) is 0 Å². The minimum absolute atomic E-state index is 0.0385. The maximum atomic E-state index is 13.5. The number of nitriles is 1. The molecule has 0 aliphatic carbocycles. The Balaban J connectivity index is 2.72. The normalized spacial score (nSPS) is 10.1. The molecule has 0 aliphatic heterocycles. The summed E-state index contributed by atoms with van der Waals surface area (Å²) in [6.45, 7) is 0. The zero-order chi connectivity index (χ0) is 11.7. The van der Waals surface area contributed by atoms with Gasteiger partial charge >= 0.3 is 0 Å². The van der Waals surface area contributed by atoms with Gasteiger partial charge in [0, 0.05) is 12.6 Å². The lowest BCUT2D eigenvalue weighted by atomic mass is 10.1. The molecule has 2 aromatic rings. The summed E-state index contributed by atoms with van der Waals surface area (Å²) in [6, 6.07) is 4.94. The molecule has 5 heteroatoms. The van der Waals surface area contributed by atoms with Crippen LogP contribution >= 0.6 is 0 Å². The Bertz CT molecular complexity index is 581. The number of hydrogen-bond acceptors (Lipinski definition) is 2. The van der Waals surface area contributed by atoms with Gasteiger partial charge in [0.25, 0.3) is 0 Å². The first-order chi connectivity index (χ1) is 7.63. The van der Waals surface area contributed by atoms with E-state index in [0.29, 0.717) is 0 Å². The second kappa shape index (κ2) is 3.74. The highest BCUT2D eigenvalue weighted by Crippen LogP contribution is 2.25. The quantitative estimate of drug-likeness (QED) is 0.738. The van der Waals surface area contributed by atoms with Gasteiger partial charge in [-0.3, -0.25) is 0 Å². The highest BCUT2D eigenvalue weighted by atomic mass is 19.1. The number of aryl methyl sites for hydroxylation is 1. The molecule has 0 radical (unpaired) electrons. The molecule has 0 spiro atoms. The molecule has 0 fully saturated rings. The van der Waals surface area contributed by atoms with Crippen molar-refractivity contribution >= 4 is 0 Å². The maximum Gasteiger partial charge on any atom is 0.166 e. The molecule has 0 amide bonds. The van der Waals surface area contributed by atoms with E-state index in [4.69, 9.17) is 5.26 Å². The van der Waals surface area contributed by atoms with Crippen LogP contribution in [0.4, 0.5) is 8.78 Å². The lowest BCUT2D eigenvalue weighted by molar-refractivity contribution is 0.602. The van der Waals surface area contributed by atoms with E-state index in [1.54, 1.807) is 7.05 Å². The number of hydrogen-bond donors (Lipinski definition) is 0. The van der Waals surface area contributed by atoms with Crippen LogP contribution in [-0.2, 0) is 7.05 Å². The Labute approximate surface area is 90.6 Å².